The molecule has 0 unspecified atom stereocenters. The first-order valence-corrected chi connectivity index (χ1v) is 15.2. The normalized spacial score (nSPS) is 12.9. The molecule has 0 aliphatic carbocycles. The van der Waals surface area contributed by atoms with Crippen molar-refractivity contribution in [2.75, 3.05) is 18.1 Å². The van der Waals surface area contributed by atoms with Crippen molar-refractivity contribution in [3.05, 3.63) is 93.7 Å². The van der Waals surface area contributed by atoms with E-state index in [1.165, 1.54) is 24.3 Å². The molecule has 0 atom stereocenters. The summed E-state index contributed by atoms with van der Waals surface area (Å²) < 4.78 is 52.6. The average molecular weight is 655 g/mol. The number of nitrogens with zero attached hydrogens (tertiary/aromatic N) is 1. The number of imide groups is 1. The maximum Gasteiger partial charge on any atom is 0.270 e. The van der Waals surface area contributed by atoms with Gasteiger partial charge in [-0.2, -0.15) is 0 Å². The maximum atomic E-state index is 13.8. The largest absolute Gasteiger partial charge is 0.492 e. The number of ether oxygens (including phenoxy) is 2. The smallest absolute Gasteiger partial charge is 0.270 e. The van der Waals surface area contributed by atoms with E-state index in [1.54, 1.807) is 26.0 Å². The van der Waals surface area contributed by atoms with Crippen LogP contribution in [0, 0.1) is 5.82 Å². The monoisotopic (exact) mass is 654 g/mol. The average Bonchev–Trinajstić information content (AvgIpc) is 3.20. The predicted octanol–water partition coefficient (Wildman–Crippen LogP) is 5.39. The van der Waals surface area contributed by atoms with E-state index in [9.17, 15) is 27.2 Å². The van der Waals surface area contributed by atoms with Crippen LogP contribution in [-0.2, 0) is 21.2 Å². The molecule has 4 aromatic rings. The van der Waals surface area contributed by atoms with E-state index in [4.69, 9.17) is 9.47 Å². The molecule has 12 heteroatoms. The van der Waals surface area contributed by atoms with Crippen LogP contribution in [0.2, 0.25) is 0 Å². The molecule has 5 rings (SSSR count). The number of hydrogen-bond acceptors (Lipinski definition) is 7. The van der Waals surface area contributed by atoms with Crippen molar-refractivity contribution in [1.29, 1.82) is 0 Å². The second kappa shape index (κ2) is 11.5. The predicted molar refractivity (Wildman–Crippen MR) is 157 cm³/mol. The van der Waals surface area contributed by atoms with E-state index >= 15 is 0 Å². The van der Waals surface area contributed by atoms with Crippen LogP contribution >= 0.6 is 15.9 Å². The summed E-state index contributed by atoms with van der Waals surface area (Å²) >= 11 is 3.46. The van der Waals surface area contributed by atoms with Gasteiger partial charge >= 0.3 is 0 Å². The van der Waals surface area contributed by atoms with Crippen molar-refractivity contribution >= 4 is 60.1 Å². The van der Waals surface area contributed by atoms with Gasteiger partial charge in [0.05, 0.1) is 41.3 Å². The lowest BCUT2D eigenvalue weighted by molar-refractivity contribution is -0.118. The molecule has 0 aromatic heterocycles. The zero-order valence-corrected chi connectivity index (χ0v) is 24.8. The Morgan fingerprint density at radius 2 is 1.43 bits per heavy atom. The highest BCUT2D eigenvalue weighted by Gasteiger charge is 2.43. The van der Waals surface area contributed by atoms with E-state index in [-0.39, 0.29) is 52.8 Å². The second-order valence-corrected chi connectivity index (χ2v) is 11.8. The summed E-state index contributed by atoms with van der Waals surface area (Å²) in [7, 11) is -4.19. The molecule has 0 fully saturated rings. The SMILES string of the molecule is CCOc1c2c(c(OCC)c3cc(Br)ccc13)C(=O)N(c1ccc(CC(=O)NS(=O)(=O)c3ccc(F)cc3)cc1)C2=O. The molecule has 1 N–H and O–H groups in total. The molecule has 3 amide bonds. The molecule has 0 saturated heterocycles. The van der Waals surface area contributed by atoms with Crippen molar-refractivity contribution in [1.82, 2.24) is 4.72 Å². The number of benzene rings is 4. The van der Waals surface area contributed by atoms with Crippen molar-refractivity contribution in [3.8, 4) is 11.5 Å². The molecular weight excluding hydrogens is 631 g/mol. The van der Waals surface area contributed by atoms with Crippen molar-refractivity contribution < 1.29 is 36.7 Å². The van der Waals surface area contributed by atoms with Gasteiger partial charge < -0.3 is 9.47 Å². The molecule has 1 aliphatic rings. The van der Waals surface area contributed by atoms with E-state index in [2.05, 4.69) is 15.9 Å². The fraction of sp³-hybridized carbons (Fsp3) is 0.167. The quantitative estimate of drug-likeness (QED) is 0.241. The second-order valence-electron chi connectivity index (χ2n) is 9.24. The van der Waals surface area contributed by atoms with Crippen LogP contribution in [0.4, 0.5) is 10.1 Å². The molecular formula is C30H24BrFN2O7S. The highest BCUT2D eigenvalue weighted by molar-refractivity contribution is 9.10. The van der Waals surface area contributed by atoms with Gasteiger partial charge in [0.1, 0.15) is 17.3 Å². The van der Waals surface area contributed by atoms with Gasteiger partial charge in [-0.1, -0.05) is 28.1 Å². The molecule has 4 aromatic carbocycles. The summed E-state index contributed by atoms with van der Waals surface area (Å²) in [5.74, 6) is -2.02. The van der Waals surface area contributed by atoms with E-state index in [0.717, 1.165) is 33.6 Å². The standard InChI is InChI=1S/C30H24BrFN2O7S/c1-3-40-27-22-14-7-18(31)16-23(22)28(41-4-2)26-25(27)29(36)34(30(26)37)20-10-5-17(6-11-20)15-24(35)33-42(38,39)21-12-8-19(32)9-13-21/h5-14,16H,3-4,15H2,1-2H3,(H,33,35). The van der Waals surface area contributed by atoms with Gasteiger partial charge in [-0.05, 0) is 74.0 Å². The third-order valence-corrected chi connectivity index (χ3v) is 8.40. The van der Waals surface area contributed by atoms with Crippen LogP contribution in [0.15, 0.2) is 76.1 Å². The van der Waals surface area contributed by atoms with Gasteiger partial charge in [0.25, 0.3) is 21.8 Å². The minimum absolute atomic E-state index is 0.102. The first-order valence-electron chi connectivity index (χ1n) is 12.9. The van der Waals surface area contributed by atoms with Gasteiger partial charge in [0.15, 0.2) is 0 Å². The number of sulfonamides is 1. The molecule has 9 nitrogen and oxygen atoms in total. The molecule has 1 aliphatic heterocycles. The fourth-order valence-electron chi connectivity index (χ4n) is 4.75. The number of amides is 3. The number of nitrogens with one attached hydrogen (secondary N) is 1. The molecule has 0 spiro atoms. The van der Waals surface area contributed by atoms with Crippen LogP contribution in [0.3, 0.4) is 0 Å². The summed E-state index contributed by atoms with van der Waals surface area (Å²) in [6.07, 6.45) is -0.300. The summed E-state index contributed by atoms with van der Waals surface area (Å²) in [6.45, 7) is 4.09. The lowest BCUT2D eigenvalue weighted by Crippen LogP contribution is -2.32. The summed E-state index contributed by atoms with van der Waals surface area (Å²) in [5.41, 5.74) is 0.891. The number of carbonyl (C=O) groups is 3. The van der Waals surface area contributed by atoms with Crippen molar-refractivity contribution in [2.45, 2.75) is 25.2 Å². The fourth-order valence-corrected chi connectivity index (χ4v) is 6.10. The van der Waals surface area contributed by atoms with Gasteiger partial charge in [-0.15, -0.1) is 0 Å². The number of hydrogen-bond donors (Lipinski definition) is 1. The highest BCUT2D eigenvalue weighted by atomic mass is 79.9. The topological polar surface area (TPSA) is 119 Å². The summed E-state index contributed by atoms with van der Waals surface area (Å²) in [5, 5.41) is 1.25. The van der Waals surface area contributed by atoms with E-state index < -0.39 is 33.6 Å². The molecule has 1 heterocycles. The van der Waals surface area contributed by atoms with Crippen molar-refractivity contribution in [3.63, 3.8) is 0 Å². The van der Waals surface area contributed by atoms with E-state index in [0.29, 0.717) is 16.3 Å². The number of rotatable bonds is 9. The molecule has 216 valence electrons. The van der Waals surface area contributed by atoms with Gasteiger partial charge in [-0.3, -0.25) is 14.4 Å². The Bertz CT molecular complexity index is 1840. The lowest BCUT2D eigenvalue weighted by atomic mass is 9.99. The molecule has 0 saturated carbocycles. The first kappa shape index (κ1) is 29.2. The lowest BCUT2D eigenvalue weighted by Gasteiger charge is -2.16. The zero-order valence-electron chi connectivity index (χ0n) is 22.4. The zero-order chi connectivity index (χ0) is 30.2. The number of halogens is 2. The van der Waals surface area contributed by atoms with Crippen molar-refractivity contribution in [2.24, 2.45) is 0 Å². The Balaban J connectivity index is 1.44. The third kappa shape index (κ3) is 5.35. The minimum Gasteiger partial charge on any atom is -0.492 e. The summed E-state index contributed by atoms with van der Waals surface area (Å²) in [6, 6.07) is 15.5. The Hall–Kier alpha value is -4.29. The molecule has 42 heavy (non-hydrogen) atoms. The van der Waals surface area contributed by atoms with Crippen LogP contribution in [0.5, 0.6) is 11.5 Å². The third-order valence-electron chi connectivity index (χ3n) is 6.52. The Kier molecular flexibility index (Phi) is 8.02. The Labute approximate surface area is 249 Å². The van der Waals surface area contributed by atoms with E-state index in [1.807, 2.05) is 10.8 Å². The van der Waals surface area contributed by atoms with Crippen LogP contribution in [0.1, 0.15) is 40.1 Å². The molecule has 0 radical (unpaired) electrons. The van der Waals surface area contributed by atoms with Crippen LogP contribution in [-0.4, -0.2) is 39.4 Å². The van der Waals surface area contributed by atoms with Gasteiger partial charge in [0, 0.05) is 15.2 Å². The maximum absolute atomic E-state index is 13.8. The minimum atomic E-state index is -4.19. The Morgan fingerprint density at radius 1 is 0.857 bits per heavy atom. The molecule has 0 bridgehead atoms. The van der Waals surface area contributed by atoms with Gasteiger partial charge in [-0.25, -0.2) is 22.4 Å². The highest BCUT2D eigenvalue weighted by Crippen LogP contribution is 2.46. The van der Waals surface area contributed by atoms with Crippen LogP contribution < -0.4 is 19.1 Å². The van der Waals surface area contributed by atoms with Gasteiger partial charge in [0.2, 0.25) is 5.91 Å². The number of anilines is 1. The number of carbonyl (C=O) groups excluding carboxylic acids is 3. The Morgan fingerprint density at radius 3 is 2.00 bits per heavy atom. The van der Waals surface area contributed by atoms with Crippen LogP contribution in [0.25, 0.3) is 10.8 Å². The first-order chi connectivity index (χ1) is 20.1. The number of fused-ring (bicyclic) bond motifs is 2. The summed E-state index contributed by atoms with van der Waals surface area (Å²) in [4.78, 5) is 40.8.